The molecule has 0 radical (unpaired) electrons. The molecule has 0 fully saturated rings. The molecule has 5 nitrogen and oxygen atoms in total. The minimum absolute atomic E-state index is 0.0970. The third-order valence-electron chi connectivity index (χ3n) is 1.99. The highest BCUT2D eigenvalue weighted by molar-refractivity contribution is 7.90. The van der Waals surface area contributed by atoms with Crippen molar-refractivity contribution in [1.29, 1.82) is 0 Å². The molecule has 0 aliphatic carbocycles. The molecule has 1 rings (SSSR count). The number of hydroxylamine groups is 1. The average Bonchev–Trinajstić information content (AvgIpc) is 2.26. The second-order valence-electron chi connectivity index (χ2n) is 3.75. The molecule has 0 saturated heterocycles. The highest BCUT2D eigenvalue weighted by Gasteiger charge is 2.28. The minimum atomic E-state index is -4.59. The van der Waals surface area contributed by atoms with Crippen LogP contribution in [0.5, 0.6) is 0 Å². The van der Waals surface area contributed by atoms with Crippen molar-refractivity contribution < 1.29 is 31.2 Å². The third-order valence-corrected chi connectivity index (χ3v) is 3.57. The predicted molar refractivity (Wildman–Crippen MR) is 64.0 cm³/mol. The number of halogens is 4. The van der Waals surface area contributed by atoms with E-state index in [9.17, 15) is 26.4 Å². The van der Waals surface area contributed by atoms with Crippen LogP contribution in [0.4, 0.5) is 13.2 Å². The number of nitrogens with one attached hydrogen (secondary N) is 1. The molecular formula is C10H9ClF3NO4S. The van der Waals surface area contributed by atoms with E-state index in [-0.39, 0.29) is 15.5 Å². The third kappa shape index (κ3) is 4.99. The van der Waals surface area contributed by atoms with Gasteiger partial charge in [-0.2, -0.15) is 13.2 Å². The summed E-state index contributed by atoms with van der Waals surface area (Å²) in [6.45, 7) is -1.66. The highest BCUT2D eigenvalue weighted by Crippen LogP contribution is 2.22. The second-order valence-corrected chi connectivity index (χ2v) is 6.14. The predicted octanol–water partition coefficient (Wildman–Crippen LogP) is 1.97. The average molecular weight is 332 g/mol. The van der Waals surface area contributed by atoms with Crippen LogP contribution < -0.4 is 5.48 Å². The lowest BCUT2D eigenvalue weighted by atomic mass is 10.2. The van der Waals surface area contributed by atoms with Crippen LogP contribution in [-0.4, -0.2) is 33.4 Å². The molecule has 1 amide bonds. The molecule has 0 spiro atoms. The Bertz CT molecular complexity index is 615. The zero-order valence-electron chi connectivity index (χ0n) is 9.99. The molecule has 0 aromatic heterocycles. The zero-order chi connectivity index (χ0) is 15.6. The van der Waals surface area contributed by atoms with Crippen molar-refractivity contribution in [2.45, 2.75) is 11.1 Å². The summed E-state index contributed by atoms with van der Waals surface area (Å²) in [7, 11) is -3.67. The summed E-state index contributed by atoms with van der Waals surface area (Å²) < 4.78 is 58.2. The van der Waals surface area contributed by atoms with Gasteiger partial charge in [-0.1, -0.05) is 11.6 Å². The van der Waals surface area contributed by atoms with Crippen LogP contribution in [0.1, 0.15) is 10.4 Å². The van der Waals surface area contributed by atoms with Crippen LogP contribution in [0.3, 0.4) is 0 Å². The lowest BCUT2D eigenvalue weighted by Crippen LogP contribution is -2.29. The van der Waals surface area contributed by atoms with Crippen molar-refractivity contribution in [3.05, 3.63) is 28.8 Å². The molecule has 1 N–H and O–H groups in total. The van der Waals surface area contributed by atoms with E-state index in [1.54, 1.807) is 5.48 Å². The van der Waals surface area contributed by atoms with Crippen LogP contribution >= 0.6 is 11.6 Å². The molecular weight excluding hydrogens is 323 g/mol. The molecule has 0 bridgehead atoms. The van der Waals surface area contributed by atoms with Gasteiger partial charge in [-0.05, 0) is 18.2 Å². The van der Waals surface area contributed by atoms with Gasteiger partial charge in [0.2, 0.25) is 0 Å². The number of sulfone groups is 1. The number of hydrogen-bond acceptors (Lipinski definition) is 4. The summed E-state index contributed by atoms with van der Waals surface area (Å²) in [5, 5.41) is -0.0970. The van der Waals surface area contributed by atoms with E-state index in [0.717, 1.165) is 24.5 Å². The Morgan fingerprint density at radius 1 is 1.40 bits per heavy atom. The fourth-order valence-electron chi connectivity index (χ4n) is 1.17. The normalized spacial score (nSPS) is 12.2. The summed E-state index contributed by atoms with van der Waals surface area (Å²) >= 11 is 5.66. The van der Waals surface area contributed by atoms with E-state index in [1.165, 1.54) is 0 Å². The smallest absolute Gasteiger partial charge is 0.267 e. The van der Waals surface area contributed by atoms with E-state index in [1.807, 2.05) is 0 Å². The molecule has 0 atom stereocenters. The van der Waals surface area contributed by atoms with E-state index in [2.05, 4.69) is 4.84 Å². The molecule has 10 heteroatoms. The van der Waals surface area contributed by atoms with Crippen molar-refractivity contribution in [2.24, 2.45) is 0 Å². The molecule has 1 aromatic rings. The molecule has 0 saturated carbocycles. The van der Waals surface area contributed by atoms with Crippen molar-refractivity contribution >= 4 is 27.3 Å². The Labute approximate surface area is 117 Å². The van der Waals surface area contributed by atoms with Crippen LogP contribution in [0.15, 0.2) is 23.1 Å². The number of benzene rings is 1. The maximum absolute atomic E-state index is 11.8. The number of carbonyl (C=O) groups excluding carboxylic acids is 1. The van der Waals surface area contributed by atoms with Gasteiger partial charge in [0.25, 0.3) is 5.91 Å². The maximum atomic E-state index is 11.8. The number of rotatable bonds is 4. The molecule has 0 aliphatic rings. The molecule has 0 heterocycles. The van der Waals surface area contributed by atoms with Crippen LogP contribution in [-0.2, 0) is 14.7 Å². The van der Waals surface area contributed by atoms with Crippen molar-refractivity contribution in [1.82, 2.24) is 5.48 Å². The van der Waals surface area contributed by atoms with E-state index in [0.29, 0.717) is 0 Å². The first-order valence-corrected chi connectivity index (χ1v) is 7.26. The SMILES string of the molecule is CS(=O)(=O)c1cc(C(=O)NOCC(F)(F)F)ccc1Cl. The van der Waals surface area contributed by atoms with Gasteiger partial charge >= 0.3 is 6.18 Å². The Kier molecular flexibility index (Phi) is 5.00. The second kappa shape index (κ2) is 5.98. The monoisotopic (exact) mass is 331 g/mol. The largest absolute Gasteiger partial charge is 0.414 e. The summed E-state index contributed by atoms with van der Waals surface area (Å²) in [5.74, 6) is -1.02. The molecule has 0 aliphatic heterocycles. The van der Waals surface area contributed by atoms with E-state index < -0.39 is 28.5 Å². The fourth-order valence-corrected chi connectivity index (χ4v) is 2.47. The van der Waals surface area contributed by atoms with Gasteiger partial charge in [0.15, 0.2) is 16.4 Å². The first-order valence-electron chi connectivity index (χ1n) is 4.99. The number of hydrogen-bond donors (Lipinski definition) is 1. The van der Waals surface area contributed by atoms with E-state index >= 15 is 0 Å². The number of amides is 1. The Morgan fingerprint density at radius 3 is 2.50 bits per heavy atom. The van der Waals surface area contributed by atoms with Gasteiger partial charge in [0, 0.05) is 11.8 Å². The van der Waals surface area contributed by atoms with Crippen molar-refractivity contribution in [3.63, 3.8) is 0 Å². The van der Waals surface area contributed by atoms with Crippen LogP contribution in [0.25, 0.3) is 0 Å². The minimum Gasteiger partial charge on any atom is -0.267 e. The fraction of sp³-hybridized carbons (Fsp3) is 0.300. The topological polar surface area (TPSA) is 72.5 Å². The summed E-state index contributed by atoms with van der Waals surface area (Å²) in [4.78, 5) is 15.1. The Morgan fingerprint density at radius 2 is 2.00 bits per heavy atom. The van der Waals surface area contributed by atoms with E-state index in [4.69, 9.17) is 11.6 Å². The maximum Gasteiger partial charge on any atom is 0.414 e. The number of alkyl halides is 3. The van der Waals surface area contributed by atoms with Crippen molar-refractivity contribution in [2.75, 3.05) is 12.9 Å². The summed E-state index contributed by atoms with van der Waals surface area (Å²) in [6.07, 6.45) is -3.71. The summed E-state index contributed by atoms with van der Waals surface area (Å²) in [6, 6.07) is 3.25. The zero-order valence-corrected chi connectivity index (χ0v) is 11.6. The molecule has 20 heavy (non-hydrogen) atoms. The lowest BCUT2D eigenvalue weighted by molar-refractivity contribution is -0.184. The van der Waals surface area contributed by atoms with Crippen LogP contribution in [0.2, 0.25) is 5.02 Å². The first-order chi connectivity index (χ1) is 9.00. The lowest BCUT2D eigenvalue weighted by Gasteiger charge is -2.09. The van der Waals surface area contributed by atoms with Gasteiger partial charge in [-0.3, -0.25) is 9.63 Å². The Balaban J connectivity index is 2.85. The van der Waals surface area contributed by atoms with Gasteiger partial charge in [-0.15, -0.1) is 0 Å². The first kappa shape index (κ1) is 16.7. The van der Waals surface area contributed by atoms with Gasteiger partial charge in [0.05, 0.1) is 9.92 Å². The van der Waals surface area contributed by atoms with Crippen molar-refractivity contribution in [3.8, 4) is 0 Å². The summed E-state index contributed by atoms with van der Waals surface area (Å²) in [5.41, 5.74) is 1.36. The standard InChI is InChI=1S/C10H9ClF3NO4S/c1-20(17,18)8-4-6(2-3-7(8)11)9(16)15-19-5-10(12,13)14/h2-4H,5H2,1H3,(H,15,16). The van der Waals surface area contributed by atoms with Gasteiger partial charge in [0.1, 0.15) is 0 Å². The number of carbonyl (C=O) groups is 1. The van der Waals surface area contributed by atoms with Crippen LogP contribution in [0, 0.1) is 0 Å². The molecule has 0 unspecified atom stereocenters. The molecule has 112 valence electrons. The quantitative estimate of drug-likeness (QED) is 0.856. The molecule has 1 aromatic carbocycles. The van der Waals surface area contributed by atoms with Gasteiger partial charge < -0.3 is 0 Å². The Hall–Kier alpha value is -1.32. The van der Waals surface area contributed by atoms with Gasteiger partial charge in [-0.25, -0.2) is 13.9 Å². The highest BCUT2D eigenvalue weighted by atomic mass is 35.5.